The number of nitrogens with zero attached hydrogens (tertiary/aromatic N) is 2. The highest BCUT2D eigenvalue weighted by Crippen LogP contribution is 2.23. The van der Waals surface area contributed by atoms with Crippen molar-refractivity contribution in [3.05, 3.63) is 16.4 Å². The second kappa shape index (κ2) is 5.87. The van der Waals surface area contributed by atoms with Crippen LogP contribution in [-0.4, -0.2) is 22.4 Å². The van der Waals surface area contributed by atoms with E-state index in [1.54, 1.807) is 0 Å². The second-order valence-electron chi connectivity index (χ2n) is 4.71. The maximum Gasteiger partial charge on any atom is 0.0849 e. The molecule has 1 heterocycles. The van der Waals surface area contributed by atoms with E-state index in [9.17, 15) is 0 Å². The molecule has 0 bridgehead atoms. The van der Waals surface area contributed by atoms with Crippen LogP contribution < -0.4 is 5.32 Å². The molecule has 1 aromatic heterocycles. The summed E-state index contributed by atoms with van der Waals surface area (Å²) in [6.45, 7) is 6.23. The molecule has 4 heteroatoms. The van der Waals surface area contributed by atoms with Gasteiger partial charge in [0.2, 0.25) is 0 Å². The highest BCUT2D eigenvalue weighted by molar-refractivity contribution is 6.31. The first kappa shape index (κ1) is 12.9. The van der Waals surface area contributed by atoms with Crippen molar-refractivity contribution in [1.82, 2.24) is 15.1 Å². The molecular formula is C13H22ClN3. The summed E-state index contributed by atoms with van der Waals surface area (Å²) in [5, 5.41) is 8.96. The third-order valence-electron chi connectivity index (χ3n) is 3.29. The van der Waals surface area contributed by atoms with Crippen molar-refractivity contribution < 1.29 is 0 Å². The number of rotatable bonds is 7. The molecule has 0 atom stereocenters. The van der Waals surface area contributed by atoms with Crippen LogP contribution in [-0.2, 0) is 19.4 Å². The summed E-state index contributed by atoms with van der Waals surface area (Å²) in [6.07, 6.45) is 5.80. The third kappa shape index (κ3) is 3.23. The molecule has 3 nitrogen and oxygen atoms in total. The van der Waals surface area contributed by atoms with E-state index in [0.717, 1.165) is 49.1 Å². The summed E-state index contributed by atoms with van der Waals surface area (Å²) in [6, 6.07) is 0.799. The largest absolute Gasteiger partial charge is 0.314 e. The zero-order valence-corrected chi connectivity index (χ0v) is 11.6. The molecule has 1 fully saturated rings. The number of nitrogens with one attached hydrogen (secondary N) is 1. The first-order valence-corrected chi connectivity index (χ1v) is 7.11. The fourth-order valence-electron chi connectivity index (χ4n) is 2.11. The van der Waals surface area contributed by atoms with Crippen LogP contribution in [0.1, 0.15) is 44.5 Å². The van der Waals surface area contributed by atoms with Gasteiger partial charge in [0.1, 0.15) is 0 Å². The Morgan fingerprint density at radius 3 is 2.76 bits per heavy atom. The van der Waals surface area contributed by atoms with Gasteiger partial charge in [-0.3, -0.25) is 4.68 Å². The molecule has 1 aromatic rings. The van der Waals surface area contributed by atoms with Crippen LogP contribution in [0.2, 0.25) is 5.02 Å². The fourth-order valence-corrected chi connectivity index (χ4v) is 2.47. The Kier molecular flexibility index (Phi) is 4.46. The molecule has 96 valence electrons. The average molecular weight is 256 g/mol. The summed E-state index contributed by atoms with van der Waals surface area (Å²) in [4.78, 5) is 0. The molecule has 1 saturated carbocycles. The minimum absolute atomic E-state index is 0.799. The lowest BCUT2D eigenvalue weighted by Crippen LogP contribution is -2.18. The summed E-state index contributed by atoms with van der Waals surface area (Å²) in [5.41, 5.74) is 2.25. The van der Waals surface area contributed by atoms with Crippen molar-refractivity contribution in [2.45, 2.75) is 58.5 Å². The van der Waals surface area contributed by atoms with Crippen LogP contribution in [0.3, 0.4) is 0 Å². The molecule has 2 rings (SSSR count). The SMILES string of the molecule is CCc1nn(CC)c(CCCNC2CC2)c1Cl. The van der Waals surface area contributed by atoms with Crippen molar-refractivity contribution >= 4 is 11.6 Å². The van der Waals surface area contributed by atoms with Gasteiger partial charge in [-0.25, -0.2) is 0 Å². The smallest absolute Gasteiger partial charge is 0.0849 e. The van der Waals surface area contributed by atoms with Gasteiger partial charge in [0.15, 0.2) is 0 Å². The highest BCUT2D eigenvalue weighted by Gasteiger charge is 2.20. The van der Waals surface area contributed by atoms with Gasteiger partial charge in [-0.15, -0.1) is 0 Å². The van der Waals surface area contributed by atoms with Crippen LogP contribution in [0.15, 0.2) is 0 Å². The van der Waals surface area contributed by atoms with Crippen molar-refractivity contribution in [1.29, 1.82) is 0 Å². The van der Waals surface area contributed by atoms with E-state index in [-0.39, 0.29) is 0 Å². The summed E-state index contributed by atoms with van der Waals surface area (Å²) >= 11 is 6.36. The average Bonchev–Trinajstić information content (AvgIpc) is 3.10. The van der Waals surface area contributed by atoms with Crippen molar-refractivity contribution in [3.63, 3.8) is 0 Å². The molecule has 1 aliphatic carbocycles. The molecule has 0 aliphatic heterocycles. The highest BCUT2D eigenvalue weighted by atomic mass is 35.5. The van der Waals surface area contributed by atoms with Gasteiger partial charge in [0, 0.05) is 12.6 Å². The van der Waals surface area contributed by atoms with E-state index < -0.39 is 0 Å². The van der Waals surface area contributed by atoms with E-state index in [1.807, 2.05) is 0 Å². The van der Waals surface area contributed by atoms with Gasteiger partial charge in [-0.1, -0.05) is 18.5 Å². The van der Waals surface area contributed by atoms with Gasteiger partial charge in [0.25, 0.3) is 0 Å². The third-order valence-corrected chi connectivity index (χ3v) is 3.73. The predicted octanol–water partition coefficient (Wildman–Crippen LogP) is 2.80. The molecule has 0 aromatic carbocycles. The van der Waals surface area contributed by atoms with E-state index in [2.05, 4.69) is 28.9 Å². The van der Waals surface area contributed by atoms with Gasteiger partial charge < -0.3 is 5.32 Å². The first-order valence-electron chi connectivity index (χ1n) is 6.73. The Labute approximate surface area is 109 Å². The normalized spacial score (nSPS) is 15.5. The quantitative estimate of drug-likeness (QED) is 0.760. The van der Waals surface area contributed by atoms with Crippen molar-refractivity contribution in [2.24, 2.45) is 0 Å². The zero-order chi connectivity index (χ0) is 12.3. The van der Waals surface area contributed by atoms with Gasteiger partial charge in [0.05, 0.1) is 16.4 Å². The van der Waals surface area contributed by atoms with Crippen LogP contribution in [0.5, 0.6) is 0 Å². The predicted molar refractivity (Wildman–Crippen MR) is 71.6 cm³/mol. The lowest BCUT2D eigenvalue weighted by Gasteiger charge is -2.06. The Morgan fingerprint density at radius 1 is 1.41 bits per heavy atom. The minimum Gasteiger partial charge on any atom is -0.314 e. The van der Waals surface area contributed by atoms with Crippen LogP contribution >= 0.6 is 11.6 Å². The van der Waals surface area contributed by atoms with Gasteiger partial charge in [-0.2, -0.15) is 5.10 Å². The first-order chi connectivity index (χ1) is 8.26. The van der Waals surface area contributed by atoms with Crippen LogP contribution in [0.25, 0.3) is 0 Å². The van der Waals surface area contributed by atoms with Gasteiger partial charge in [-0.05, 0) is 45.6 Å². The van der Waals surface area contributed by atoms with Gasteiger partial charge >= 0.3 is 0 Å². The van der Waals surface area contributed by atoms with Crippen molar-refractivity contribution in [3.8, 4) is 0 Å². The summed E-state index contributed by atoms with van der Waals surface area (Å²) in [7, 11) is 0. The molecule has 1 aliphatic rings. The number of hydrogen-bond acceptors (Lipinski definition) is 2. The van der Waals surface area contributed by atoms with E-state index >= 15 is 0 Å². The molecule has 0 saturated heterocycles. The fraction of sp³-hybridized carbons (Fsp3) is 0.769. The molecule has 0 unspecified atom stereocenters. The Morgan fingerprint density at radius 2 is 2.18 bits per heavy atom. The second-order valence-corrected chi connectivity index (χ2v) is 5.09. The van der Waals surface area contributed by atoms with E-state index in [1.165, 1.54) is 18.5 Å². The maximum atomic E-state index is 6.36. The number of hydrogen-bond donors (Lipinski definition) is 1. The zero-order valence-electron chi connectivity index (χ0n) is 10.8. The molecule has 0 amide bonds. The summed E-state index contributed by atoms with van der Waals surface area (Å²) < 4.78 is 2.05. The lowest BCUT2D eigenvalue weighted by molar-refractivity contribution is 0.585. The lowest BCUT2D eigenvalue weighted by atomic mass is 10.2. The van der Waals surface area contributed by atoms with Crippen LogP contribution in [0.4, 0.5) is 0 Å². The van der Waals surface area contributed by atoms with E-state index in [4.69, 9.17) is 11.6 Å². The summed E-state index contributed by atoms with van der Waals surface area (Å²) in [5.74, 6) is 0. The van der Waals surface area contributed by atoms with E-state index in [0.29, 0.717) is 0 Å². The topological polar surface area (TPSA) is 29.9 Å². The molecule has 0 spiro atoms. The Hall–Kier alpha value is -0.540. The molecular weight excluding hydrogens is 234 g/mol. The number of aryl methyl sites for hydroxylation is 2. The maximum absolute atomic E-state index is 6.36. The number of aromatic nitrogens is 2. The van der Waals surface area contributed by atoms with Crippen LogP contribution in [0, 0.1) is 0 Å². The van der Waals surface area contributed by atoms with Crippen molar-refractivity contribution in [2.75, 3.05) is 6.54 Å². The minimum atomic E-state index is 0.799. The molecule has 0 radical (unpaired) electrons. The monoisotopic (exact) mass is 255 g/mol. The molecule has 1 N–H and O–H groups in total. The Bertz CT molecular complexity index is 369. The number of halogens is 1. The molecule has 17 heavy (non-hydrogen) atoms. The Balaban J connectivity index is 1.90. The standard InChI is InChI=1S/C13H22ClN3/c1-3-11-13(14)12(17(4-2)16-11)6-5-9-15-10-7-8-10/h10,15H,3-9H2,1-2H3.